The highest BCUT2D eigenvalue weighted by Gasteiger charge is 2.19. The van der Waals surface area contributed by atoms with Crippen molar-refractivity contribution in [2.75, 3.05) is 0 Å². The summed E-state index contributed by atoms with van der Waals surface area (Å²) in [6, 6.07) is 4.43. The second-order valence-corrected chi connectivity index (χ2v) is 5.55. The Balaban J connectivity index is 2.40. The molecule has 0 aliphatic carbocycles. The molecule has 1 aromatic heterocycles. The van der Waals surface area contributed by atoms with E-state index in [0.29, 0.717) is 17.5 Å². The normalized spacial score (nSPS) is 12.0. The van der Waals surface area contributed by atoms with Crippen LogP contribution in [0.25, 0.3) is 10.9 Å². The molecule has 0 spiro atoms. The number of carbonyl (C=O) groups excluding carboxylic acids is 1. The minimum Gasteiger partial charge on any atom is -0.360 e. The zero-order valence-electron chi connectivity index (χ0n) is 10.3. The fourth-order valence-electron chi connectivity index (χ4n) is 1.91. The van der Waals surface area contributed by atoms with Crippen molar-refractivity contribution in [2.24, 2.45) is 5.41 Å². The molecule has 0 saturated carbocycles. The van der Waals surface area contributed by atoms with Crippen LogP contribution in [0.4, 0.5) is 4.39 Å². The Morgan fingerprint density at radius 1 is 1.35 bits per heavy atom. The molecule has 0 aliphatic heterocycles. The van der Waals surface area contributed by atoms with Gasteiger partial charge in [0.05, 0.1) is 0 Å². The molecule has 0 aliphatic rings. The molecule has 0 radical (unpaired) electrons. The molecule has 2 nitrogen and oxygen atoms in total. The fraction of sp³-hybridized carbons (Fsp3) is 0.357. The van der Waals surface area contributed by atoms with Gasteiger partial charge in [-0.1, -0.05) is 20.8 Å². The summed E-state index contributed by atoms with van der Waals surface area (Å²) < 4.78 is 13.0. The Bertz CT molecular complexity index is 563. The van der Waals surface area contributed by atoms with E-state index in [9.17, 15) is 9.18 Å². The highest BCUT2D eigenvalue weighted by molar-refractivity contribution is 6.08. The zero-order valence-corrected chi connectivity index (χ0v) is 10.3. The predicted octanol–water partition coefficient (Wildman–Crippen LogP) is 3.93. The molecule has 0 amide bonds. The SMILES string of the molecule is CC(C)(C)CC(=O)c1c[nH]c2cc(F)ccc12. The number of hydrogen-bond acceptors (Lipinski definition) is 1. The van der Waals surface area contributed by atoms with Crippen LogP contribution in [-0.4, -0.2) is 10.8 Å². The molecular weight excluding hydrogens is 217 g/mol. The van der Waals surface area contributed by atoms with Gasteiger partial charge in [-0.15, -0.1) is 0 Å². The number of halogens is 1. The first kappa shape index (κ1) is 11.8. The summed E-state index contributed by atoms with van der Waals surface area (Å²) >= 11 is 0. The molecule has 90 valence electrons. The van der Waals surface area contributed by atoms with E-state index >= 15 is 0 Å². The van der Waals surface area contributed by atoms with Crippen LogP contribution in [-0.2, 0) is 0 Å². The maximum absolute atomic E-state index is 13.0. The standard InChI is InChI=1S/C14H16FNO/c1-14(2,3)7-13(17)11-8-16-12-6-9(15)4-5-10(11)12/h4-6,8,16H,7H2,1-3H3. The van der Waals surface area contributed by atoms with Gasteiger partial charge >= 0.3 is 0 Å². The van der Waals surface area contributed by atoms with E-state index in [1.807, 2.05) is 20.8 Å². The van der Waals surface area contributed by atoms with Crippen LogP contribution in [0.2, 0.25) is 0 Å². The third kappa shape index (κ3) is 2.54. The number of H-pyrrole nitrogens is 1. The van der Waals surface area contributed by atoms with Gasteiger partial charge in [-0.05, 0) is 23.6 Å². The average Bonchev–Trinajstić information content (AvgIpc) is 2.57. The monoisotopic (exact) mass is 233 g/mol. The summed E-state index contributed by atoms with van der Waals surface area (Å²) in [4.78, 5) is 15.0. The van der Waals surface area contributed by atoms with Crippen molar-refractivity contribution in [3.05, 3.63) is 35.8 Å². The van der Waals surface area contributed by atoms with E-state index < -0.39 is 0 Å². The number of benzene rings is 1. The number of ketones is 1. The Kier molecular flexibility index (Phi) is 2.77. The van der Waals surface area contributed by atoms with E-state index in [4.69, 9.17) is 0 Å². The number of rotatable bonds is 2. The molecule has 1 aromatic carbocycles. The molecule has 3 heteroatoms. The molecule has 1 N–H and O–H groups in total. The van der Waals surface area contributed by atoms with Crippen LogP contribution in [0.1, 0.15) is 37.6 Å². The van der Waals surface area contributed by atoms with Crippen molar-refractivity contribution >= 4 is 16.7 Å². The topological polar surface area (TPSA) is 32.9 Å². The minimum absolute atomic E-state index is 0.0410. The van der Waals surface area contributed by atoms with Crippen LogP contribution < -0.4 is 0 Å². The minimum atomic E-state index is -0.297. The van der Waals surface area contributed by atoms with Gasteiger partial charge in [0.15, 0.2) is 5.78 Å². The quantitative estimate of drug-likeness (QED) is 0.783. The van der Waals surface area contributed by atoms with Crippen molar-refractivity contribution in [1.29, 1.82) is 0 Å². The third-order valence-electron chi connectivity index (χ3n) is 2.64. The van der Waals surface area contributed by atoms with Gasteiger partial charge in [0.1, 0.15) is 5.82 Å². The van der Waals surface area contributed by atoms with E-state index in [-0.39, 0.29) is 17.0 Å². The fourth-order valence-corrected chi connectivity index (χ4v) is 1.91. The first-order valence-corrected chi connectivity index (χ1v) is 5.67. The average molecular weight is 233 g/mol. The Hall–Kier alpha value is -1.64. The molecule has 0 bridgehead atoms. The van der Waals surface area contributed by atoms with Crippen molar-refractivity contribution < 1.29 is 9.18 Å². The molecule has 0 fully saturated rings. The number of nitrogens with one attached hydrogen (secondary N) is 1. The number of Topliss-reactive ketones (excluding diaryl/α,β-unsaturated/α-hetero) is 1. The summed E-state index contributed by atoms with van der Waals surface area (Å²) in [5.74, 6) is -0.204. The molecule has 2 aromatic rings. The van der Waals surface area contributed by atoms with Gasteiger partial charge in [-0.25, -0.2) is 4.39 Å². The summed E-state index contributed by atoms with van der Waals surface area (Å²) in [6.07, 6.45) is 2.15. The Labute approximate surface area is 99.8 Å². The van der Waals surface area contributed by atoms with Crippen molar-refractivity contribution in [3.63, 3.8) is 0 Å². The molecule has 0 unspecified atom stereocenters. The van der Waals surface area contributed by atoms with Crippen LogP contribution in [0, 0.1) is 11.2 Å². The number of hydrogen-bond donors (Lipinski definition) is 1. The van der Waals surface area contributed by atoms with Crippen LogP contribution >= 0.6 is 0 Å². The summed E-state index contributed by atoms with van der Waals surface area (Å²) in [5.41, 5.74) is 1.28. The summed E-state index contributed by atoms with van der Waals surface area (Å²) in [7, 11) is 0. The number of carbonyl (C=O) groups is 1. The van der Waals surface area contributed by atoms with Crippen molar-refractivity contribution in [1.82, 2.24) is 4.98 Å². The second-order valence-electron chi connectivity index (χ2n) is 5.55. The molecule has 2 rings (SSSR count). The molecular formula is C14H16FNO. The number of aromatic amines is 1. The van der Waals surface area contributed by atoms with Gasteiger partial charge in [-0.2, -0.15) is 0 Å². The predicted molar refractivity (Wildman–Crippen MR) is 66.7 cm³/mol. The van der Waals surface area contributed by atoms with Crippen LogP contribution in [0.3, 0.4) is 0 Å². The van der Waals surface area contributed by atoms with Crippen molar-refractivity contribution in [2.45, 2.75) is 27.2 Å². The first-order chi connectivity index (χ1) is 7.87. The van der Waals surface area contributed by atoms with Gasteiger partial charge in [0.25, 0.3) is 0 Å². The zero-order chi connectivity index (χ0) is 12.6. The number of aromatic nitrogens is 1. The van der Waals surface area contributed by atoms with E-state index in [1.54, 1.807) is 12.3 Å². The third-order valence-corrected chi connectivity index (χ3v) is 2.64. The second kappa shape index (κ2) is 3.99. The van der Waals surface area contributed by atoms with Gasteiger partial charge in [0, 0.05) is 29.1 Å². The maximum atomic E-state index is 13.0. The number of fused-ring (bicyclic) bond motifs is 1. The van der Waals surface area contributed by atoms with Crippen molar-refractivity contribution in [3.8, 4) is 0 Å². The molecule has 1 heterocycles. The lowest BCUT2D eigenvalue weighted by Crippen LogP contribution is -2.12. The summed E-state index contributed by atoms with van der Waals surface area (Å²) in [5, 5.41) is 0.792. The molecule has 17 heavy (non-hydrogen) atoms. The highest BCUT2D eigenvalue weighted by Crippen LogP contribution is 2.25. The van der Waals surface area contributed by atoms with Crippen LogP contribution in [0.5, 0.6) is 0 Å². The Morgan fingerprint density at radius 2 is 2.06 bits per heavy atom. The van der Waals surface area contributed by atoms with E-state index in [1.165, 1.54) is 12.1 Å². The lowest BCUT2D eigenvalue weighted by molar-refractivity contribution is 0.0941. The van der Waals surface area contributed by atoms with Gasteiger partial charge in [0.2, 0.25) is 0 Å². The van der Waals surface area contributed by atoms with E-state index in [0.717, 1.165) is 5.39 Å². The van der Waals surface area contributed by atoms with Gasteiger partial charge in [-0.3, -0.25) is 4.79 Å². The molecule has 0 atom stereocenters. The lowest BCUT2D eigenvalue weighted by atomic mass is 9.88. The summed E-state index contributed by atoms with van der Waals surface area (Å²) in [6.45, 7) is 6.08. The largest absolute Gasteiger partial charge is 0.360 e. The smallest absolute Gasteiger partial charge is 0.165 e. The van der Waals surface area contributed by atoms with E-state index in [2.05, 4.69) is 4.98 Å². The lowest BCUT2D eigenvalue weighted by Gasteiger charge is -2.16. The first-order valence-electron chi connectivity index (χ1n) is 5.67. The van der Waals surface area contributed by atoms with Gasteiger partial charge < -0.3 is 4.98 Å². The van der Waals surface area contributed by atoms with Crippen LogP contribution in [0.15, 0.2) is 24.4 Å². The molecule has 0 saturated heterocycles. The maximum Gasteiger partial charge on any atom is 0.165 e. The Morgan fingerprint density at radius 3 is 2.71 bits per heavy atom. The highest BCUT2D eigenvalue weighted by atomic mass is 19.1.